The zero-order chi connectivity index (χ0) is 14.3. The van der Waals surface area contributed by atoms with Crippen molar-refractivity contribution in [3.63, 3.8) is 0 Å². The molecule has 1 rings (SSSR count). The molecule has 0 spiro atoms. The van der Waals surface area contributed by atoms with E-state index in [9.17, 15) is 9.59 Å². The van der Waals surface area contributed by atoms with Crippen LogP contribution in [0.5, 0.6) is 0 Å². The van der Waals surface area contributed by atoms with Crippen LogP contribution < -0.4 is 5.32 Å². The summed E-state index contributed by atoms with van der Waals surface area (Å²) < 4.78 is 4.81. The van der Waals surface area contributed by atoms with Gasteiger partial charge in [0.15, 0.2) is 0 Å². The van der Waals surface area contributed by atoms with Gasteiger partial charge in [-0.25, -0.2) is 9.78 Å². The Balaban J connectivity index is 2.49. The fourth-order valence-electron chi connectivity index (χ4n) is 1.50. The number of hydrogen-bond acceptors (Lipinski definition) is 5. The second-order valence-corrected chi connectivity index (χ2v) is 4.95. The van der Waals surface area contributed by atoms with E-state index in [-0.39, 0.29) is 25.4 Å². The maximum Gasteiger partial charge on any atom is 0.326 e. The van der Waals surface area contributed by atoms with E-state index in [1.165, 1.54) is 18.4 Å². The van der Waals surface area contributed by atoms with Crippen LogP contribution in [0.4, 0.5) is 0 Å². The van der Waals surface area contributed by atoms with Crippen molar-refractivity contribution in [3.05, 3.63) is 16.1 Å². The second kappa shape index (κ2) is 7.85. The molecule has 0 bridgehead atoms. The van der Waals surface area contributed by atoms with Crippen molar-refractivity contribution in [1.29, 1.82) is 0 Å². The molecule has 6 nitrogen and oxygen atoms in total. The predicted molar refractivity (Wildman–Crippen MR) is 71.3 cm³/mol. The summed E-state index contributed by atoms with van der Waals surface area (Å²) in [4.78, 5) is 27.0. The highest BCUT2D eigenvalue weighted by Crippen LogP contribution is 2.10. The van der Waals surface area contributed by atoms with Crippen LogP contribution in [0.1, 0.15) is 24.0 Å². The minimum Gasteiger partial charge on any atom is -0.480 e. The van der Waals surface area contributed by atoms with E-state index >= 15 is 0 Å². The van der Waals surface area contributed by atoms with Crippen LogP contribution in [0.3, 0.4) is 0 Å². The number of hydrogen-bond donors (Lipinski definition) is 2. The first-order valence-electron chi connectivity index (χ1n) is 6.01. The molecule has 0 saturated carbocycles. The number of nitrogens with zero attached hydrogens (tertiary/aromatic N) is 1. The van der Waals surface area contributed by atoms with Gasteiger partial charge in [0, 0.05) is 25.5 Å². The minimum atomic E-state index is -1.06. The number of nitrogens with one attached hydrogen (secondary N) is 1. The van der Waals surface area contributed by atoms with Gasteiger partial charge in [-0.15, -0.1) is 11.3 Å². The number of carboxylic acids is 1. The van der Waals surface area contributed by atoms with Gasteiger partial charge < -0.3 is 15.2 Å². The highest BCUT2D eigenvalue weighted by Gasteiger charge is 2.20. The molecule has 1 aromatic rings. The van der Waals surface area contributed by atoms with Crippen molar-refractivity contribution in [2.75, 3.05) is 13.7 Å². The molecule has 2 N–H and O–H groups in total. The van der Waals surface area contributed by atoms with Gasteiger partial charge in [-0.2, -0.15) is 0 Å². The number of carbonyl (C=O) groups is 2. The molecular weight excluding hydrogens is 268 g/mol. The maximum atomic E-state index is 11.7. The largest absolute Gasteiger partial charge is 0.480 e. The average Bonchev–Trinajstić information content (AvgIpc) is 2.81. The molecule has 0 saturated heterocycles. The lowest BCUT2D eigenvalue weighted by atomic mass is 10.2. The third-order valence-electron chi connectivity index (χ3n) is 2.49. The number of carbonyl (C=O) groups excluding carboxylic acids is 1. The van der Waals surface area contributed by atoms with Gasteiger partial charge in [-0.1, -0.05) is 6.92 Å². The van der Waals surface area contributed by atoms with E-state index in [4.69, 9.17) is 9.84 Å². The Kier molecular flexibility index (Phi) is 6.44. The van der Waals surface area contributed by atoms with Crippen LogP contribution >= 0.6 is 11.3 Å². The number of rotatable bonds is 8. The molecule has 0 aliphatic rings. The number of ether oxygens (including phenoxy) is 1. The molecule has 106 valence electrons. The number of amides is 1. The topological polar surface area (TPSA) is 88.5 Å². The average molecular weight is 286 g/mol. The van der Waals surface area contributed by atoms with Crippen molar-refractivity contribution in [3.8, 4) is 0 Å². The lowest BCUT2D eigenvalue weighted by Gasteiger charge is -2.13. The molecule has 0 aliphatic heterocycles. The Hall–Kier alpha value is -1.47. The first-order valence-corrected chi connectivity index (χ1v) is 6.89. The zero-order valence-corrected chi connectivity index (χ0v) is 11.8. The van der Waals surface area contributed by atoms with Crippen molar-refractivity contribution < 1.29 is 19.4 Å². The molecular formula is C12H18N2O4S. The van der Waals surface area contributed by atoms with E-state index in [0.717, 1.165) is 11.4 Å². The molecule has 1 heterocycles. The van der Waals surface area contributed by atoms with Gasteiger partial charge >= 0.3 is 5.97 Å². The molecule has 1 amide bonds. The van der Waals surface area contributed by atoms with Crippen molar-refractivity contribution >= 4 is 23.2 Å². The molecule has 0 aromatic carbocycles. The van der Waals surface area contributed by atoms with Gasteiger partial charge in [0.05, 0.1) is 17.1 Å². The van der Waals surface area contributed by atoms with Crippen LogP contribution in [0.25, 0.3) is 0 Å². The number of aliphatic carboxylic acids is 1. The molecule has 19 heavy (non-hydrogen) atoms. The molecule has 0 aliphatic carbocycles. The summed E-state index contributed by atoms with van der Waals surface area (Å²) in [5, 5.41) is 14.2. The molecule has 1 unspecified atom stereocenters. The number of carboxylic acid groups (broad SMARTS) is 1. The summed E-state index contributed by atoms with van der Waals surface area (Å²) in [6.07, 6.45) is 1.18. The first-order chi connectivity index (χ1) is 9.06. The number of aryl methyl sites for hydroxylation is 1. The highest BCUT2D eigenvalue weighted by atomic mass is 32.1. The molecule has 0 fully saturated rings. The molecule has 1 aromatic heterocycles. The number of aromatic nitrogens is 1. The standard InChI is InChI=1S/C12H18N2O4S/c1-3-11-13-8(7-19-11)6-10(15)14-9(12(16)17)4-5-18-2/h7,9H,3-6H2,1-2H3,(H,14,15)(H,16,17). The highest BCUT2D eigenvalue weighted by molar-refractivity contribution is 7.09. The monoisotopic (exact) mass is 286 g/mol. The summed E-state index contributed by atoms with van der Waals surface area (Å²) in [5.41, 5.74) is 0.676. The van der Waals surface area contributed by atoms with Crippen LogP contribution in [0.15, 0.2) is 5.38 Å². The van der Waals surface area contributed by atoms with Crippen molar-refractivity contribution in [2.45, 2.75) is 32.2 Å². The van der Waals surface area contributed by atoms with Gasteiger partial charge in [0.2, 0.25) is 5.91 Å². The molecule has 1 atom stereocenters. The lowest BCUT2D eigenvalue weighted by molar-refractivity contribution is -0.142. The van der Waals surface area contributed by atoms with Gasteiger partial charge in [0.1, 0.15) is 6.04 Å². The van der Waals surface area contributed by atoms with Gasteiger partial charge in [0.25, 0.3) is 0 Å². The Morgan fingerprint density at radius 3 is 2.84 bits per heavy atom. The Labute approximate surface area is 115 Å². The molecule has 0 radical (unpaired) electrons. The number of thiazole rings is 1. The van der Waals surface area contributed by atoms with Crippen LogP contribution in [-0.2, 0) is 27.2 Å². The van der Waals surface area contributed by atoms with E-state index in [1.807, 2.05) is 12.3 Å². The first kappa shape index (κ1) is 15.6. The summed E-state index contributed by atoms with van der Waals surface area (Å²) >= 11 is 1.50. The maximum absolute atomic E-state index is 11.7. The summed E-state index contributed by atoms with van der Waals surface area (Å²) in [5.74, 6) is -1.39. The normalized spacial score (nSPS) is 12.1. The lowest BCUT2D eigenvalue weighted by Crippen LogP contribution is -2.42. The summed E-state index contributed by atoms with van der Waals surface area (Å²) in [6.45, 7) is 2.28. The van der Waals surface area contributed by atoms with E-state index < -0.39 is 12.0 Å². The number of methoxy groups -OCH3 is 1. The predicted octanol–water partition coefficient (Wildman–Crippen LogP) is 0.854. The van der Waals surface area contributed by atoms with Gasteiger partial charge in [-0.05, 0) is 6.42 Å². The Bertz CT molecular complexity index is 433. The minimum absolute atomic E-state index is 0.104. The summed E-state index contributed by atoms with van der Waals surface area (Å²) in [7, 11) is 1.49. The Morgan fingerprint density at radius 1 is 1.58 bits per heavy atom. The smallest absolute Gasteiger partial charge is 0.326 e. The SMILES string of the molecule is CCc1nc(CC(=O)NC(CCOC)C(=O)O)cs1. The fraction of sp³-hybridized carbons (Fsp3) is 0.583. The van der Waals surface area contributed by atoms with E-state index in [1.54, 1.807) is 0 Å². The quantitative estimate of drug-likeness (QED) is 0.739. The van der Waals surface area contributed by atoms with Gasteiger partial charge in [-0.3, -0.25) is 4.79 Å². The van der Waals surface area contributed by atoms with Crippen LogP contribution in [0.2, 0.25) is 0 Å². The Morgan fingerprint density at radius 2 is 2.32 bits per heavy atom. The fourth-order valence-corrected chi connectivity index (χ4v) is 2.24. The zero-order valence-electron chi connectivity index (χ0n) is 11.0. The van der Waals surface area contributed by atoms with Crippen molar-refractivity contribution in [2.24, 2.45) is 0 Å². The third kappa shape index (κ3) is 5.35. The molecule has 7 heteroatoms. The summed E-state index contributed by atoms with van der Waals surface area (Å²) in [6, 6.07) is -0.920. The second-order valence-electron chi connectivity index (χ2n) is 4.00. The van der Waals surface area contributed by atoms with Crippen molar-refractivity contribution in [1.82, 2.24) is 10.3 Å². The van der Waals surface area contributed by atoms with E-state index in [0.29, 0.717) is 5.69 Å². The third-order valence-corrected chi connectivity index (χ3v) is 3.53. The van der Waals surface area contributed by atoms with Crippen LogP contribution in [0, 0.1) is 0 Å². The van der Waals surface area contributed by atoms with Crippen LogP contribution in [-0.4, -0.2) is 41.7 Å². The van der Waals surface area contributed by atoms with E-state index in [2.05, 4.69) is 10.3 Å².